The molecule has 1 aromatic carbocycles. The molecule has 0 unspecified atom stereocenters. The highest BCUT2D eigenvalue weighted by Crippen LogP contribution is 2.33. The lowest BCUT2D eigenvalue weighted by Crippen LogP contribution is -2.43. The molecular formula is C14H18F3NO4S. The second kappa shape index (κ2) is 6.48. The maximum absolute atomic E-state index is 12.9. The fourth-order valence-corrected chi connectivity index (χ4v) is 3.43. The number of carboxylic acid groups (broad SMARTS) is 1. The number of hydrogen-bond acceptors (Lipinski definition) is 3. The molecule has 0 aromatic heterocycles. The Bertz CT molecular complexity index is 696. The van der Waals surface area contributed by atoms with Gasteiger partial charge in [0.15, 0.2) is 0 Å². The van der Waals surface area contributed by atoms with Crippen molar-refractivity contribution in [2.45, 2.75) is 50.2 Å². The molecule has 0 radical (unpaired) electrons. The van der Waals surface area contributed by atoms with Crippen LogP contribution >= 0.6 is 0 Å². The van der Waals surface area contributed by atoms with Gasteiger partial charge in [0.2, 0.25) is 10.0 Å². The van der Waals surface area contributed by atoms with Crippen molar-refractivity contribution >= 4 is 16.0 Å². The lowest BCUT2D eigenvalue weighted by molar-refractivity contribution is -0.138. The molecular weight excluding hydrogens is 335 g/mol. The van der Waals surface area contributed by atoms with E-state index in [1.165, 1.54) is 20.8 Å². The first-order valence-electron chi connectivity index (χ1n) is 6.68. The first-order chi connectivity index (χ1) is 10.2. The summed E-state index contributed by atoms with van der Waals surface area (Å²) in [6.45, 7) is 4.17. The van der Waals surface area contributed by atoms with Crippen LogP contribution in [0.3, 0.4) is 0 Å². The molecule has 130 valence electrons. The topological polar surface area (TPSA) is 83.5 Å². The Morgan fingerprint density at radius 1 is 1.26 bits per heavy atom. The van der Waals surface area contributed by atoms with Crippen LogP contribution in [-0.2, 0) is 21.0 Å². The van der Waals surface area contributed by atoms with E-state index in [4.69, 9.17) is 5.11 Å². The van der Waals surface area contributed by atoms with Crippen LogP contribution in [0, 0.1) is 6.92 Å². The molecule has 0 aliphatic carbocycles. The molecule has 1 rings (SSSR count). The van der Waals surface area contributed by atoms with Gasteiger partial charge in [-0.1, -0.05) is 6.07 Å². The lowest BCUT2D eigenvalue weighted by atomic mass is 10.0. The van der Waals surface area contributed by atoms with Gasteiger partial charge in [0, 0.05) is 12.0 Å². The Kier molecular flexibility index (Phi) is 5.48. The number of hydrogen-bond donors (Lipinski definition) is 2. The van der Waals surface area contributed by atoms with Gasteiger partial charge in [-0.3, -0.25) is 4.79 Å². The van der Waals surface area contributed by atoms with Crippen LogP contribution in [0.25, 0.3) is 0 Å². The van der Waals surface area contributed by atoms with Crippen LogP contribution in [0.5, 0.6) is 0 Å². The van der Waals surface area contributed by atoms with Crippen LogP contribution in [0.2, 0.25) is 0 Å². The van der Waals surface area contributed by atoms with Crippen LogP contribution in [0.15, 0.2) is 23.1 Å². The number of carboxylic acids is 1. The molecule has 0 amide bonds. The fraction of sp³-hybridized carbons (Fsp3) is 0.500. The number of aliphatic carboxylic acids is 1. The van der Waals surface area contributed by atoms with E-state index in [1.54, 1.807) is 0 Å². The van der Waals surface area contributed by atoms with Crippen LogP contribution < -0.4 is 4.72 Å². The number of benzene rings is 1. The molecule has 9 heteroatoms. The predicted octanol–water partition coefficient (Wildman–Crippen LogP) is 2.94. The number of halogens is 3. The van der Waals surface area contributed by atoms with E-state index in [1.807, 2.05) is 0 Å². The molecule has 0 saturated heterocycles. The van der Waals surface area contributed by atoms with E-state index in [0.29, 0.717) is 6.07 Å². The van der Waals surface area contributed by atoms with Gasteiger partial charge in [-0.25, -0.2) is 13.1 Å². The van der Waals surface area contributed by atoms with Gasteiger partial charge in [-0.2, -0.15) is 13.2 Å². The van der Waals surface area contributed by atoms with Crippen molar-refractivity contribution in [1.82, 2.24) is 4.72 Å². The Morgan fingerprint density at radius 2 is 1.83 bits per heavy atom. The molecule has 23 heavy (non-hydrogen) atoms. The molecule has 0 bridgehead atoms. The number of alkyl halides is 3. The van der Waals surface area contributed by atoms with Crippen molar-refractivity contribution < 1.29 is 31.5 Å². The smallest absolute Gasteiger partial charge is 0.416 e. The second-order valence-electron chi connectivity index (χ2n) is 5.86. The SMILES string of the molecule is Cc1ccc(S(=O)(=O)NC(C)(C)CCC(=O)O)cc1C(F)(F)F. The van der Waals surface area contributed by atoms with Gasteiger partial charge in [-0.05, 0) is 44.9 Å². The molecule has 1 aromatic rings. The molecule has 5 nitrogen and oxygen atoms in total. The average Bonchev–Trinajstić information content (AvgIpc) is 2.34. The number of carbonyl (C=O) groups is 1. The Labute approximate surface area is 132 Å². The zero-order chi connectivity index (χ0) is 18.1. The van der Waals surface area contributed by atoms with E-state index in [0.717, 1.165) is 12.1 Å². The normalized spacial score (nSPS) is 13.1. The first-order valence-corrected chi connectivity index (χ1v) is 8.16. The summed E-state index contributed by atoms with van der Waals surface area (Å²) < 4.78 is 65.4. The minimum atomic E-state index is -4.66. The highest BCUT2D eigenvalue weighted by molar-refractivity contribution is 7.89. The molecule has 0 atom stereocenters. The van der Waals surface area contributed by atoms with Crippen LogP contribution in [0.1, 0.15) is 37.8 Å². The van der Waals surface area contributed by atoms with Crippen LogP contribution in [0.4, 0.5) is 13.2 Å². The van der Waals surface area contributed by atoms with Gasteiger partial charge in [0.25, 0.3) is 0 Å². The quantitative estimate of drug-likeness (QED) is 0.824. The fourth-order valence-electron chi connectivity index (χ4n) is 1.97. The van der Waals surface area contributed by atoms with Crippen molar-refractivity contribution in [2.75, 3.05) is 0 Å². The monoisotopic (exact) mass is 353 g/mol. The highest BCUT2D eigenvalue weighted by atomic mass is 32.2. The standard InChI is InChI=1S/C14H18F3NO4S/c1-9-4-5-10(8-11(9)14(15,16)17)23(21,22)18-13(2,3)7-6-12(19)20/h4-5,8,18H,6-7H2,1-3H3,(H,19,20). The predicted molar refractivity (Wildman–Crippen MR) is 77.5 cm³/mol. The maximum Gasteiger partial charge on any atom is 0.416 e. The summed E-state index contributed by atoms with van der Waals surface area (Å²) in [4.78, 5) is 10.1. The van der Waals surface area contributed by atoms with Gasteiger partial charge < -0.3 is 5.11 Å². The molecule has 0 aliphatic heterocycles. The van der Waals surface area contributed by atoms with Crippen molar-refractivity contribution in [1.29, 1.82) is 0 Å². The Hall–Kier alpha value is -1.61. The minimum absolute atomic E-state index is 0.000444. The molecule has 0 fully saturated rings. The molecule has 0 aliphatic rings. The van der Waals surface area contributed by atoms with Crippen molar-refractivity contribution in [3.05, 3.63) is 29.3 Å². The zero-order valence-electron chi connectivity index (χ0n) is 12.9. The number of aryl methyl sites for hydroxylation is 1. The third-order valence-electron chi connectivity index (χ3n) is 3.20. The summed E-state index contributed by atoms with van der Waals surface area (Å²) in [5.74, 6) is -1.09. The molecule has 2 N–H and O–H groups in total. The first kappa shape index (κ1) is 19.4. The third kappa shape index (κ3) is 5.51. The third-order valence-corrected chi connectivity index (χ3v) is 4.90. The largest absolute Gasteiger partial charge is 0.481 e. The lowest BCUT2D eigenvalue weighted by Gasteiger charge is -2.25. The summed E-state index contributed by atoms with van der Waals surface area (Å²) in [5.41, 5.74) is -2.22. The van der Waals surface area contributed by atoms with Gasteiger partial charge in [-0.15, -0.1) is 0 Å². The average molecular weight is 353 g/mol. The Balaban J connectivity index is 3.12. The molecule has 0 heterocycles. The van der Waals surface area contributed by atoms with Crippen LogP contribution in [-0.4, -0.2) is 25.0 Å². The highest BCUT2D eigenvalue weighted by Gasteiger charge is 2.34. The number of rotatable bonds is 6. The second-order valence-corrected chi connectivity index (χ2v) is 7.54. The summed E-state index contributed by atoms with van der Waals surface area (Å²) in [6, 6.07) is 2.74. The zero-order valence-corrected chi connectivity index (χ0v) is 13.7. The minimum Gasteiger partial charge on any atom is -0.481 e. The van der Waals surface area contributed by atoms with Crippen molar-refractivity contribution in [3.8, 4) is 0 Å². The molecule has 0 saturated carbocycles. The summed E-state index contributed by atoms with van der Waals surface area (Å²) in [7, 11) is -4.21. The van der Waals surface area contributed by atoms with E-state index in [9.17, 15) is 26.4 Å². The Morgan fingerprint density at radius 3 is 2.30 bits per heavy atom. The van der Waals surface area contributed by atoms with Crippen molar-refractivity contribution in [3.63, 3.8) is 0 Å². The van der Waals surface area contributed by atoms with Gasteiger partial charge in [0.05, 0.1) is 10.5 Å². The van der Waals surface area contributed by atoms with E-state index >= 15 is 0 Å². The van der Waals surface area contributed by atoms with Gasteiger partial charge in [0.1, 0.15) is 0 Å². The summed E-state index contributed by atoms with van der Waals surface area (Å²) >= 11 is 0. The maximum atomic E-state index is 12.9. The number of nitrogens with one attached hydrogen (secondary N) is 1. The van der Waals surface area contributed by atoms with Gasteiger partial charge >= 0.3 is 12.1 Å². The molecule has 0 spiro atoms. The number of sulfonamides is 1. The van der Waals surface area contributed by atoms with E-state index in [-0.39, 0.29) is 18.4 Å². The summed E-state index contributed by atoms with van der Waals surface area (Å²) in [6.07, 6.45) is -4.93. The van der Waals surface area contributed by atoms with Crippen molar-refractivity contribution in [2.24, 2.45) is 0 Å². The van der Waals surface area contributed by atoms with E-state index < -0.39 is 38.2 Å². The summed E-state index contributed by atoms with van der Waals surface area (Å²) in [5, 5.41) is 8.65. The van der Waals surface area contributed by atoms with E-state index in [2.05, 4.69) is 4.72 Å².